The Bertz CT molecular complexity index is 1280. The van der Waals surface area contributed by atoms with Gasteiger partial charge >= 0.3 is 0 Å². The number of oxazole rings is 1. The van der Waals surface area contributed by atoms with Crippen LogP contribution < -0.4 is 15.4 Å². The van der Waals surface area contributed by atoms with Gasteiger partial charge in [-0.3, -0.25) is 10.1 Å². The maximum Gasteiger partial charge on any atom is 0.257 e. The Morgan fingerprint density at radius 2 is 1.87 bits per heavy atom. The fourth-order valence-electron chi connectivity index (χ4n) is 3.01. The molecule has 7 nitrogen and oxygen atoms in total. The lowest BCUT2D eigenvalue weighted by atomic mass is 10.1. The molecule has 0 fully saturated rings. The lowest BCUT2D eigenvalue weighted by Crippen LogP contribution is -2.34. The normalized spacial score (nSPS) is 10.6. The van der Waals surface area contributed by atoms with Gasteiger partial charge < -0.3 is 19.6 Å². The van der Waals surface area contributed by atoms with Crippen LogP contribution in [0.4, 0.5) is 5.69 Å². The minimum Gasteiger partial charge on any atom is -0.507 e. The van der Waals surface area contributed by atoms with E-state index in [-0.39, 0.29) is 22.7 Å². The van der Waals surface area contributed by atoms with Gasteiger partial charge in [-0.05, 0) is 79.3 Å². The highest BCUT2D eigenvalue weighted by atomic mass is 32.1. The van der Waals surface area contributed by atoms with Crippen LogP contribution in [0.3, 0.4) is 0 Å². The van der Waals surface area contributed by atoms with Crippen molar-refractivity contribution in [3.8, 4) is 23.0 Å². The number of hydrogen-bond donors (Lipinski definition) is 3. The summed E-state index contributed by atoms with van der Waals surface area (Å²) in [5.41, 5.74) is 3.79. The summed E-state index contributed by atoms with van der Waals surface area (Å²) in [6.07, 6.45) is 0. The van der Waals surface area contributed by atoms with E-state index in [2.05, 4.69) is 15.6 Å². The van der Waals surface area contributed by atoms with Crippen molar-refractivity contribution in [2.45, 2.75) is 6.92 Å². The maximum atomic E-state index is 12.4. The summed E-state index contributed by atoms with van der Waals surface area (Å²) in [4.78, 5) is 16.8. The Hall–Kier alpha value is -3.91. The van der Waals surface area contributed by atoms with E-state index in [4.69, 9.17) is 21.4 Å². The third-order valence-corrected chi connectivity index (χ3v) is 4.81. The molecular formula is C23H19N3O4S. The average molecular weight is 433 g/mol. The Balaban J connectivity index is 1.50. The van der Waals surface area contributed by atoms with Crippen LogP contribution in [0.15, 0.2) is 65.1 Å². The van der Waals surface area contributed by atoms with Crippen LogP contribution in [0.1, 0.15) is 15.9 Å². The van der Waals surface area contributed by atoms with Gasteiger partial charge in [0.05, 0.1) is 12.7 Å². The molecule has 0 saturated carbocycles. The first-order valence-electron chi connectivity index (χ1n) is 9.40. The summed E-state index contributed by atoms with van der Waals surface area (Å²) in [6.45, 7) is 1.96. The zero-order valence-corrected chi connectivity index (χ0v) is 17.6. The number of anilines is 1. The number of nitrogens with one attached hydrogen (secondary N) is 2. The molecule has 0 aliphatic carbocycles. The number of carbonyl (C=O) groups excluding carboxylic acids is 1. The van der Waals surface area contributed by atoms with Crippen LogP contribution in [0.25, 0.3) is 22.6 Å². The molecule has 0 aliphatic rings. The van der Waals surface area contributed by atoms with E-state index in [1.54, 1.807) is 43.5 Å². The highest BCUT2D eigenvalue weighted by molar-refractivity contribution is 7.80. The Morgan fingerprint density at radius 3 is 2.61 bits per heavy atom. The first-order valence-corrected chi connectivity index (χ1v) is 9.81. The zero-order valence-electron chi connectivity index (χ0n) is 16.8. The fourth-order valence-corrected chi connectivity index (χ4v) is 3.22. The molecule has 156 valence electrons. The van der Waals surface area contributed by atoms with Gasteiger partial charge in [-0.2, -0.15) is 0 Å². The van der Waals surface area contributed by atoms with Gasteiger partial charge in [0.1, 0.15) is 17.0 Å². The van der Waals surface area contributed by atoms with Crippen LogP contribution in [0.5, 0.6) is 11.5 Å². The average Bonchev–Trinajstić information content (AvgIpc) is 3.18. The van der Waals surface area contributed by atoms with Crippen molar-refractivity contribution < 1.29 is 19.1 Å². The molecule has 3 N–H and O–H groups in total. The van der Waals surface area contributed by atoms with Gasteiger partial charge in [0.25, 0.3) is 5.91 Å². The Morgan fingerprint density at radius 1 is 1.10 bits per heavy atom. The molecule has 8 heteroatoms. The number of ether oxygens (including phenoxy) is 1. The highest BCUT2D eigenvalue weighted by Gasteiger charge is 2.14. The number of amides is 1. The molecule has 0 unspecified atom stereocenters. The SMILES string of the molecule is COc1ccc(C(=O)NC(=S)Nc2ccc(O)c(-c3nc4ccc(C)cc4o3)c2)cc1. The highest BCUT2D eigenvalue weighted by Crippen LogP contribution is 2.33. The smallest absolute Gasteiger partial charge is 0.257 e. The number of phenolic OH excluding ortho intramolecular Hbond substituents is 1. The van der Waals surface area contributed by atoms with Gasteiger partial charge in [-0.15, -0.1) is 0 Å². The van der Waals surface area contributed by atoms with Crippen molar-refractivity contribution in [1.82, 2.24) is 10.3 Å². The number of methoxy groups -OCH3 is 1. The number of nitrogens with zero attached hydrogens (tertiary/aromatic N) is 1. The van der Waals surface area contributed by atoms with Crippen LogP contribution in [-0.2, 0) is 0 Å². The maximum absolute atomic E-state index is 12.4. The van der Waals surface area contributed by atoms with Gasteiger partial charge in [0.15, 0.2) is 10.7 Å². The van der Waals surface area contributed by atoms with Crippen LogP contribution >= 0.6 is 12.2 Å². The number of rotatable bonds is 4. The number of aromatic nitrogens is 1. The lowest BCUT2D eigenvalue weighted by Gasteiger charge is -2.11. The summed E-state index contributed by atoms with van der Waals surface area (Å²) >= 11 is 5.25. The molecule has 4 aromatic rings. The second-order valence-electron chi connectivity index (χ2n) is 6.86. The fraction of sp³-hybridized carbons (Fsp3) is 0.0870. The van der Waals surface area contributed by atoms with Gasteiger partial charge in [-0.25, -0.2) is 4.98 Å². The molecule has 31 heavy (non-hydrogen) atoms. The summed E-state index contributed by atoms with van der Waals surface area (Å²) in [5.74, 6) is 0.605. The van der Waals surface area contributed by atoms with E-state index < -0.39 is 0 Å². The van der Waals surface area contributed by atoms with Crippen molar-refractivity contribution in [2.24, 2.45) is 0 Å². The third-order valence-electron chi connectivity index (χ3n) is 4.61. The molecule has 1 heterocycles. The van der Waals surface area contributed by atoms with Crippen molar-refractivity contribution in [3.63, 3.8) is 0 Å². The predicted octanol–water partition coefficient (Wildman–Crippen LogP) is 4.64. The Kier molecular flexibility index (Phi) is 5.55. The van der Waals surface area contributed by atoms with E-state index in [1.165, 1.54) is 6.07 Å². The molecule has 0 spiro atoms. The first-order chi connectivity index (χ1) is 14.9. The number of hydrogen-bond acceptors (Lipinski definition) is 6. The summed E-state index contributed by atoms with van der Waals surface area (Å²) in [7, 11) is 1.56. The topological polar surface area (TPSA) is 96.6 Å². The minimum atomic E-state index is -0.353. The second kappa shape index (κ2) is 8.45. The molecule has 0 bridgehead atoms. The number of phenols is 1. The van der Waals surface area contributed by atoms with Gasteiger partial charge in [0.2, 0.25) is 5.89 Å². The molecule has 0 aliphatic heterocycles. The lowest BCUT2D eigenvalue weighted by molar-refractivity contribution is 0.0977. The number of thiocarbonyl (C=S) groups is 1. The van der Waals surface area contributed by atoms with E-state index in [9.17, 15) is 9.90 Å². The number of aromatic hydroxyl groups is 1. The van der Waals surface area contributed by atoms with Crippen molar-refractivity contribution in [3.05, 3.63) is 71.8 Å². The van der Waals surface area contributed by atoms with Crippen molar-refractivity contribution >= 4 is 40.0 Å². The number of carbonyl (C=O) groups is 1. The molecule has 1 aromatic heterocycles. The number of aryl methyl sites for hydroxylation is 1. The van der Waals surface area contributed by atoms with Gasteiger partial charge in [0, 0.05) is 11.3 Å². The molecular weight excluding hydrogens is 414 g/mol. The molecule has 0 radical (unpaired) electrons. The molecule has 0 saturated heterocycles. The zero-order chi connectivity index (χ0) is 22.0. The van der Waals surface area contributed by atoms with Crippen LogP contribution in [0, 0.1) is 6.92 Å². The van der Waals surface area contributed by atoms with E-state index in [0.717, 1.165) is 5.56 Å². The molecule has 4 rings (SSSR count). The Labute approximate surface area is 183 Å². The minimum absolute atomic E-state index is 0.0158. The summed E-state index contributed by atoms with van der Waals surface area (Å²) < 4.78 is 10.9. The van der Waals surface area contributed by atoms with E-state index >= 15 is 0 Å². The number of benzene rings is 3. The summed E-state index contributed by atoms with van der Waals surface area (Å²) in [5, 5.41) is 16.0. The largest absolute Gasteiger partial charge is 0.507 e. The van der Waals surface area contributed by atoms with Gasteiger partial charge in [-0.1, -0.05) is 6.07 Å². The first kappa shape index (κ1) is 20.4. The van der Waals surface area contributed by atoms with E-state index in [0.29, 0.717) is 33.7 Å². The second-order valence-corrected chi connectivity index (χ2v) is 7.27. The van der Waals surface area contributed by atoms with Crippen molar-refractivity contribution in [2.75, 3.05) is 12.4 Å². The molecule has 3 aromatic carbocycles. The number of fused-ring (bicyclic) bond motifs is 1. The van der Waals surface area contributed by atoms with Crippen molar-refractivity contribution in [1.29, 1.82) is 0 Å². The van der Waals surface area contributed by atoms with E-state index in [1.807, 2.05) is 25.1 Å². The third kappa shape index (κ3) is 4.49. The van der Waals surface area contributed by atoms with Crippen LogP contribution in [0.2, 0.25) is 0 Å². The molecule has 0 atom stereocenters. The predicted molar refractivity (Wildman–Crippen MR) is 123 cm³/mol. The summed E-state index contributed by atoms with van der Waals surface area (Å²) in [6, 6.07) is 17.2. The standard InChI is InChI=1S/C23H19N3O4S/c1-13-3-9-18-20(11-13)30-22(25-18)17-12-15(6-10-19(17)27)24-23(31)26-21(28)14-4-7-16(29-2)8-5-14/h3-12,27H,1-2H3,(H2,24,26,28,31). The van der Waals surface area contributed by atoms with Crippen LogP contribution in [-0.4, -0.2) is 28.2 Å². The quantitative estimate of drug-likeness (QED) is 0.319. The molecule has 1 amide bonds. The monoisotopic (exact) mass is 433 g/mol.